The molecule has 0 saturated carbocycles. The molecule has 0 aliphatic heterocycles. The minimum Gasteiger partial charge on any atom is -0.340 e. The third kappa shape index (κ3) is 6.20. The van der Waals surface area contributed by atoms with Crippen LogP contribution in [0.3, 0.4) is 0 Å². The molecule has 168 valence electrons. The largest absolute Gasteiger partial charge is 0.340 e. The summed E-state index contributed by atoms with van der Waals surface area (Å²) in [6, 6.07) is 9.30. The molecule has 1 aromatic heterocycles. The van der Waals surface area contributed by atoms with Crippen LogP contribution in [0.2, 0.25) is 0 Å². The highest BCUT2D eigenvalue weighted by molar-refractivity contribution is 5.79. The zero-order valence-corrected chi connectivity index (χ0v) is 20.2. The van der Waals surface area contributed by atoms with Crippen molar-refractivity contribution in [2.75, 3.05) is 0 Å². The molecule has 32 heavy (non-hydrogen) atoms. The fraction of sp³-hybridized carbons (Fsp3) is 0.300. The second-order valence-electron chi connectivity index (χ2n) is 7.98. The van der Waals surface area contributed by atoms with Gasteiger partial charge in [-0.15, -0.1) is 0 Å². The van der Waals surface area contributed by atoms with Crippen molar-refractivity contribution in [2.45, 2.75) is 59.4 Å². The molecule has 1 aromatic carbocycles. The first kappa shape index (κ1) is 25.1. The standard InChI is InChI=1S/C28H32N2.C2H6/c1-5-10-24(6-2)25-15-14-22(4)27(19-25)28-17-21(3)20-30(28)26-13-9-12-23(18-26)11-7-8-16-29;1-2/h5-8,10,14-20,26,29H,1-2,9,11-13H2,3-4H3;1-2H3/b8-7-,24-10+,29-16?;/t26-;/m0./s1. The lowest BCUT2D eigenvalue weighted by Gasteiger charge is -2.25. The lowest BCUT2D eigenvalue weighted by Crippen LogP contribution is -2.11. The molecule has 1 N–H and O–H groups in total. The molecule has 0 saturated heterocycles. The molecule has 0 radical (unpaired) electrons. The third-order valence-corrected chi connectivity index (χ3v) is 5.74. The van der Waals surface area contributed by atoms with E-state index in [1.54, 1.807) is 0 Å². The summed E-state index contributed by atoms with van der Waals surface area (Å²) >= 11 is 0. The van der Waals surface area contributed by atoms with E-state index in [4.69, 9.17) is 5.41 Å². The Kier molecular flexibility index (Phi) is 9.94. The van der Waals surface area contributed by atoms with E-state index in [2.05, 4.69) is 74.2 Å². The molecule has 0 spiro atoms. The normalized spacial score (nSPS) is 16.2. The molecule has 3 rings (SSSR count). The first-order valence-corrected chi connectivity index (χ1v) is 11.7. The van der Waals surface area contributed by atoms with Gasteiger partial charge >= 0.3 is 0 Å². The predicted octanol–water partition coefficient (Wildman–Crippen LogP) is 8.80. The van der Waals surface area contributed by atoms with Crippen LogP contribution in [0.5, 0.6) is 0 Å². The molecule has 2 heteroatoms. The number of benzene rings is 1. The summed E-state index contributed by atoms with van der Waals surface area (Å²) < 4.78 is 2.45. The quantitative estimate of drug-likeness (QED) is 0.248. The zero-order chi connectivity index (χ0) is 23.5. The van der Waals surface area contributed by atoms with Gasteiger partial charge in [-0.2, -0.15) is 0 Å². The Morgan fingerprint density at radius 1 is 1.19 bits per heavy atom. The van der Waals surface area contributed by atoms with Crippen molar-refractivity contribution in [3.63, 3.8) is 0 Å². The molecule has 1 aliphatic carbocycles. The van der Waals surface area contributed by atoms with Crippen LogP contribution in [0.15, 0.2) is 85.6 Å². The summed E-state index contributed by atoms with van der Waals surface area (Å²) in [5.74, 6) is 0. The molecule has 1 heterocycles. The van der Waals surface area contributed by atoms with Crippen molar-refractivity contribution in [1.29, 1.82) is 5.41 Å². The molecule has 2 nitrogen and oxygen atoms in total. The molecule has 0 fully saturated rings. The van der Waals surface area contributed by atoms with Crippen molar-refractivity contribution in [2.24, 2.45) is 0 Å². The average molecular weight is 427 g/mol. The van der Waals surface area contributed by atoms with E-state index < -0.39 is 0 Å². The smallest absolute Gasteiger partial charge is 0.0519 e. The Hall–Kier alpha value is -3.13. The van der Waals surface area contributed by atoms with Gasteiger partial charge in [0.05, 0.1) is 6.04 Å². The first-order valence-electron chi connectivity index (χ1n) is 11.7. The van der Waals surface area contributed by atoms with Crippen molar-refractivity contribution in [3.8, 4) is 11.3 Å². The van der Waals surface area contributed by atoms with Crippen molar-refractivity contribution in [1.82, 2.24) is 4.57 Å². The van der Waals surface area contributed by atoms with E-state index >= 15 is 0 Å². The van der Waals surface area contributed by atoms with Crippen LogP contribution in [0.25, 0.3) is 16.8 Å². The molecule has 0 amide bonds. The van der Waals surface area contributed by atoms with Gasteiger partial charge in [0.25, 0.3) is 0 Å². The van der Waals surface area contributed by atoms with Crippen LogP contribution in [-0.4, -0.2) is 10.8 Å². The SMILES string of the molecule is C=C/C=C(\C=C)c1ccc(C)c(-c2cc(C)cn2[C@@H]2C=C(C/C=C\C=N)CCC2)c1.CC. The molecular weight excluding hydrogens is 388 g/mol. The molecule has 0 bridgehead atoms. The lowest BCUT2D eigenvalue weighted by atomic mass is 9.92. The summed E-state index contributed by atoms with van der Waals surface area (Å²) in [5, 5.41) is 7.18. The van der Waals surface area contributed by atoms with Crippen molar-refractivity contribution in [3.05, 3.63) is 102 Å². The molecule has 0 unspecified atom stereocenters. The monoisotopic (exact) mass is 426 g/mol. The summed E-state index contributed by atoms with van der Waals surface area (Å²) in [5.41, 5.74) is 8.80. The average Bonchev–Trinajstić information content (AvgIpc) is 3.21. The fourth-order valence-corrected chi connectivity index (χ4v) is 4.25. The summed E-state index contributed by atoms with van der Waals surface area (Å²) in [6.07, 6.45) is 20.1. The molecule has 1 atom stereocenters. The summed E-state index contributed by atoms with van der Waals surface area (Å²) in [4.78, 5) is 0. The Morgan fingerprint density at radius 2 is 1.97 bits per heavy atom. The summed E-state index contributed by atoms with van der Waals surface area (Å²) in [7, 11) is 0. The van der Waals surface area contributed by atoms with Gasteiger partial charge in [-0.1, -0.05) is 75.1 Å². The van der Waals surface area contributed by atoms with Crippen molar-refractivity contribution >= 4 is 11.8 Å². The van der Waals surface area contributed by atoms with Gasteiger partial charge in [0.15, 0.2) is 0 Å². The van der Waals surface area contributed by atoms with Gasteiger partial charge in [0, 0.05) is 23.7 Å². The van der Waals surface area contributed by atoms with Gasteiger partial charge < -0.3 is 9.98 Å². The number of hydrogen-bond donors (Lipinski definition) is 1. The van der Waals surface area contributed by atoms with E-state index in [1.165, 1.54) is 40.6 Å². The van der Waals surface area contributed by atoms with Gasteiger partial charge in [0.1, 0.15) is 0 Å². The van der Waals surface area contributed by atoms with E-state index in [0.29, 0.717) is 6.04 Å². The highest BCUT2D eigenvalue weighted by Crippen LogP contribution is 2.36. The zero-order valence-electron chi connectivity index (χ0n) is 20.2. The number of aromatic nitrogens is 1. The van der Waals surface area contributed by atoms with Crippen LogP contribution in [0.1, 0.15) is 62.3 Å². The molecule has 1 aliphatic rings. The second-order valence-corrected chi connectivity index (χ2v) is 7.98. The Bertz CT molecular complexity index is 1030. The van der Waals surface area contributed by atoms with E-state index in [-0.39, 0.29) is 0 Å². The number of hydrogen-bond acceptors (Lipinski definition) is 1. The topological polar surface area (TPSA) is 28.8 Å². The van der Waals surface area contributed by atoms with Crippen LogP contribution < -0.4 is 0 Å². The number of nitrogens with one attached hydrogen (secondary N) is 1. The van der Waals surface area contributed by atoms with E-state index in [0.717, 1.165) is 30.4 Å². The number of aryl methyl sites for hydroxylation is 2. The minimum absolute atomic E-state index is 0.372. The third-order valence-electron chi connectivity index (χ3n) is 5.74. The van der Waals surface area contributed by atoms with Gasteiger partial charge in [0.2, 0.25) is 0 Å². The fourth-order valence-electron chi connectivity index (χ4n) is 4.25. The first-order chi connectivity index (χ1) is 15.6. The van der Waals surface area contributed by atoms with Crippen LogP contribution in [0.4, 0.5) is 0 Å². The minimum atomic E-state index is 0.372. The lowest BCUT2D eigenvalue weighted by molar-refractivity contribution is 0.508. The number of nitrogens with zero attached hydrogens (tertiary/aromatic N) is 1. The Balaban J connectivity index is 0.00000176. The van der Waals surface area contributed by atoms with Gasteiger partial charge in [-0.05, 0) is 80.0 Å². The maximum absolute atomic E-state index is 7.18. The van der Waals surface area contributed by atoms with E-state index in [1.807, 2.05) is 38.2 Å². The second kappa shape index (κ2) is 12.7. The number of allylic oxidation sites excluding steroid dienone is 8. The molecule has 2 aromatic rings. The Morgan fingerprint density at radius 3 is 2.66 bits per heavy atom. The van der Waals surface area contributed by atoms with Gasteiger partial charge in [-0.3, -0.25) is 0 Å². The van der Waals surface area contributed by atoms with E-state index in [9.17, 15) is 0 Å². The van der Waals surface area contributed by atoms with Crippen molar-refractivity contribution < 1.29 is 0 Å². The maximum Gasteiger partial charge on any atom is 0.0519 e. The highest BCUT2D eigenvalue weighted by atomic mass is 15.0. The molecular formula is C30H38N2. The summed E-state index contributed by atoms with van der Waals surface area (Å²) in [6.45, 7) is 16.2. The van der Waals surface area contributed by atoms with Crippen LogP contribution in [-0.2, 0) is 0 Å². The van der Waals surface area contributed by atoms with Crippen LogP contribution in [0, 0.1) is 19.3 Å². The highest BCUT2D eigenvalue weighted by Gasteiger charge is 2.19. The Labute approximate surface area is 194 Å². The predicted molar refractivity (Wildman–Crippen MR) is 143 cm³/mol. The number of rotatable bonds is 8. The maximum atomic E-state index is 7.18. The van der Waals surface area contributed by atoms with Gasteiger partial charge in [-0.25, -0.2) is 0 Å². The van der Waals surface area contributed by atoms with Crippen LogP contribution >= 0.6 is 0 Å².